The fraction of sp³-hybridized carbons (Fsp3) is 0.818. The Labute approximate surface area is 87.4 Å². The van der Waals surface area contributed by atoms with Crippen molar-refractivity contribution in [3.63, 3.8) is 0 Å². The molecule has 86 valence electrons. The number of hydrogen-bond acceptors (Lipinski definition) is 3. The van der Waals surface area contributed by atoms with Gasteiger partial charge in [-0.2, -0.15) is 0 Å². The minimum Gasteiger partial charge on any atom is -0.382 e. The van der Waals surface area contributed by atoms with Crippen LogP contribution in [0.1, 0.15) is 40.0 Å². The first-order valence-electron chi connectivity index (χ1n) is 5.17. The lowest BCUT2D eigenvalue weighted by atomic mass is 10.1. The van der Waals surface area contributed by atoms with E-state index >= 15 is 0 Å². The van der Waals surface area contributed by atoms with Gasteiger partial charge in [0.15, 0.2) is 5.79 Å². The van der Waals surface area contributed by atoms with E-state index in [0.717, 1.165) is 19.6 Å². The number of ether oxygens (including phenoxy) is 1. The van der Waals surface area contributed by atoms with Crippen LogP contribution in [0, 0.1) is 0 Å². The Hall–Kier alpha value is -0.380. The van der Waals surface area contributed by atoms with Crippen molar-refractivity contribution in [2.75, 3.05) is 13.2 Å². The summed E-state index contributed by atoms with van der Waals surface area (Å²) in [5, 5.41) is 18.0. The topological polar surface area (TPSA) is 49.7 Å². The van der Waals surface area contributed by atoms with E-state index in [1.54, 1.807) is 0 Å². The summed E-state index contributed by atoms with van der Waals surface area (Å²) in [6.45, 7) is 11.0. The van der Waals surface area contributed by atoms with Crippen molar-refractivity contribution in [2.45, 2.75) is 45.8 Å². The standard InChI is InChI=1S/C7H14O2.C4H10O/c1-3-5-7(8,9)6-4-2;1-3-5-4-2/h3,8-9H,1,4-6H2,2H3;3-4H2,1-2H3. The summed E-state index contributed by atoms with van der Waals surface area (Å²) in [5.41, 5.74) is 0. The summed E-state index contributed by atoms with van der Waals surface area (Å²) in [6, 6.07) is 0. The second-order valence-corrected chi connectivity index (χ2v) is 3.01. The van der Waals surface area contributed by atoms with E-state index in [2.05, 4.69) is 6.58 Å². The van der Waals surface area contributed by atoms with Crippen LogP contribution in [0.5, 0.6) is 0 Å². The zero-order chi connectivity index (χ0) is 11.4. The minimum absolute atomic E-state index is 0.251. The molecule has 0 rings (SSSR count). The Bertz CT molecular complexity index is 120. The molecule has 0 saturated heterocycles. The maximum absolute atomic E-state index is 9.00. The molecular formula is C11H24O3. The van der Waals surface area contributed by atoms with Gasteiger partial charge < -0.3 is 14.9 Å². The fourth-order valence-electron chi connectivity index (χ4n) is 0.938. The third kappa shape index (κ3) is 14.2. The van der Waals surface area contributed by atoms with Gasteiger partial charge in [-0.1, -0.05) is 19.4 Å². The lowest BCUT2D eigenvalue weighted by Crippen LogP contribution is -2.26. The highest BCUT2D eigenvalue weighted by molar-refractivity contribution is 4.76. The molecule has 0 aliphatic rings. The molecule has 0 aliphatic heterocycles. The van der Waals surface area contributed by atoms with E-state index < -0.39 is 5.79 Å². The highest BCUT2D eigenvalue weighted by Crippen LogP contribution is 2.12. The summed E-state index contributed by atoms with van der Waals surface area (Å²) in [6.07, 6.45) is 2.95. The maximum atomic E-state index is 9.00. The molecule has 0 unspecified atom stereocenters. The first-order valence-corrected chi connectivity index (χ1v) is 5.17. The average molecular weight is 204 g/mol. The van der Waals surface area contributed by atoms with E-state index in [1.807, 2.05) is 20.8 Å². The van der Waals surface area contributed by atoms with Gasteiger partial charge in [0.25, 0.3) is 0 Å². The molecule has 0 saturated carbocycles. The van der Waals surface area contributed by atoms with Gasteiger partial charge in [0.1, 0.15) is 0 Å². The number of rotatable bonds is 6. The van der Waals surface area contributed by atoms with E-state index in [0.29, 0.717) is 6.42 Å². The second-order valence-electron chi connectivity index (χ2n) is 3.01. The normalized spacial score (nSPS) is 10.4. The maximum Gasteiger partial charge on any atom is 0.165 e. The lowest BCUT2D eigenvalue weighted by molar-refractivity contribution is -0.162. The third-order valence-corrected chi connectivity index (χ3v) is 1.53. The van der Waals surface area contributed by atoms with Crippen molar-refractivity contribution in [1.29, 1.82) is 0 Å². The van der Waals surface area contributed by atoms with Crippen LogP contribution in [0.15, 0.2) is 12.7 Å². The minimum atomic E-state index is -1.52. The fourth-order valence-corrected chi connectivity index (χ4v) is 0.938. The third-order valence-electron chi connectivity index (χ3n) is 1.53. The Morgan fingerprint density at radius 2 is 1.71 bits per heavy atom. The van der Waals surface area contributed by atoms with E-state index in [9.17, 15) is 0 Å². The summed E-state index contributed by atoms with van der Waals surface area (Å²) in [7, 11) is 0. The van der Waals surface area contributed by atoms with Crippen LogP contribution in [-0.2, 0) is 4.74 Å². The van der Waals surface area contributed by atoms with Crippen molar-refractivity contribution < 1.29 is 14.9 Å². The molecule has 14 heavy (non-hydrogen) atoms. The molecule has 0 radical (unpaired) electrons. The van der Waals surface area contributed by atoms with Gasteiger partial charge in [-0.05, 0) is 13.8 Å². The van der Waals surface area contributed by atoms with Gasteiger partial charge >= 0.3 is 0 Å². The SMILES string of the molecule is C=CCC(O)(O)CCC.CCOCC. The molecule has 0 aliphatic carbocycles. The average Bonchev–Trinajstić information content (AvgIpc) is 2.06. The van der Waals surface area contributed by atoms with Crippen molar-refractivity contribution in [3.8, 4) is 0 Å². The van der Waals surface area contributed by atoms with Crippen molar-refractivity contribution in [1.82, 2.24) is 0 Å². The summed E-state index contributed by atoms with van der Waals surface area (Å²) >= 11 is 0. The van der Waals surface area contributed by atoms with Gasteiger partial charge in [-0.15, -0.1) is 6.58 Å². The number of hydrogen-bond donors (Lipinski definition) is 2. The predicted octanol–water partition coefficient (Wildman–Crippen LogP) is 2.09. The molecule has 2 N–H and O–H groups in total. The van der Waals surface area contributed by atoms with Crippen molar-refractivity contribution in [3.05, 3.63) is 12.7 Å². The molecule has 0 heterocycles. The summed E-state index contributed by atoms with van der Waals surface area (Å²) < 4.78 is 4.83. The van der Waals surface area contributed by atoms with Crippen LogP contribution in [0.2, 0.25) is 0 Å². The molecule has 3 nitrogen and oxygen atoms in total. The van der Waals surface area contributed by atoms with Crippen LogP contribution >= 0.6 is 0 Å². The Balaban J connectivity index is 0. The van der Waals surface area contributed by atoms with Crippen LogP contribution < -0.4 is 0 Å². The molecule has 0 aromatic rings. The van der Waals surface area contributed by atoms with Crippen LogP contribution in [-0.4, -0.2) is 29.2 Å². The quantitative estimate of drug-likeness (QED) is 0.514. The van der Waals surface area contributed by atoms with Crippen LogP contribution in [0.25, 0.3) is 0 Å². The number of aliphatic hydroxyl groups is 2. The molecule has 0 fully saturated rings. The monoisotopic (exact) mass is 204 g/mol. The molecule has 0 aromatic heterocycles. The first kappa shape index (κ1) is 16.1. The van der Waals surface area contributed by atoms with E-state index in [-0.39, 0.29) is 6.42 Å². The van der Waals surface area contributed by atoms with Gasteiger partial charge in [0.2, 0.25) is 0 Å². The molecule has 0 bridgehead atoms. The first-order chi connectivity index (χ1) is 6.54. The van der Waals surface area contributed by atoms with Crippen LogP contribution in [0.3, 0.4) is 0 Å². The molecule has 0 spiro atoms. The zero-order valence-corrected chi connectivity index (χ0v) is 9.62. The summed E-state index contributed by atoms with van der Waals surface area (Å²) in [4.78, 5) is 0. The molecule has 0 amide bonds. The van der Waals surface area contributed by atoms with E-state index in [1.165, 1.54) is 6.08 Å². The smallest absolute Gasteiger partial charge is 0.165 e. The second kappa shape index (κ2) is 10.7. The highest BCUT2D eigenvalue weighted by Gasteiger charge is 2.18. The van der Waals surface area contributed by atoms with Crippen molar-refractivity contribution >= 4 is 0 Å². The van der Waals surface area contributed by atoms with Crippen molar-refractivity contribution in [2.24, 2.45) is 0 Å². The van der Waals surface area contributed by atoms with Gasteiger partial charge in [0, 0.05) is 26.1 Å². The Kier molecular flexibility index (Phi) is 12.3. The molecule has 0 atom stereocenters. The van der Waals surface area contributed by atoms with Gasteiger partial charge in [-0.3, -0.25) is 0 Å². The summed E-state index contributed by atoms with van der Waals surface area (Å²) in [5.74, 6) is -1.52. The lowest BCUT2D eigenvalue weighted by Gasteiger charge is -2.18. The predicted molar refractivity (Wildman–Crippen MR) is 59.1 cm³/mol. The Morgan fingerprint density at radius 3 is 1.93 bits per heavy atom. The van der Waals surface area contributed by atoms with Gasteiger partial charge in [-0.25, -0.2) is 0 Å². The highest BCUT2D eigenvalue weighted by atomic mass is 16.5. The zero-order valence-electron chi connectivity index (χ0n) is 9.62. The Morgan fingerprint density at radius 1 is 1.21 bits per heavy atom. The van der Waals surface area contributed by atoms with E-state index in [4.69, 9.17) is 14.9 Å². The molecule has 3 heteroatoms. The van der Waals surface area contributed by atoms with Gasteiger partial charge in [0.05, 0.1) is 0 Å². The van der Waals surface area contributed by atoms with Crippen LogP contribution in [0.4, 0.5) is 0 Å². The molecule has 0 aromatic carbocycles. The molecular weight excluding hydrogens is 180 g/mol. The largest absolute Gasteiger partial charge is 0.382 e.